The molecule has 2 rings (SSSR count). The lowest BCUT2D eigenvalue weighted by Gasteiger charge is -2.36. The van der Waals surface area contributed by atoms with Crippen molar-refractivity contribution < 1.29 is 19.1 Å². The van der Waals surface area contributed by atoms with Crippen molar-refractivity contribution in [3.63, 3.8) is 0 Å². The Bertz CT molecular complexity index is 435. The van der Waals surface area contributed by atoms with Crippen LogP contribution in [0.3, 0.4) is 0 Å². The van der Waals surface area contributed by atoms with Gasteiger partial charge in [-0.3, -0.25) is 0 Å². The van der Waals surface area contributed by atoms with Gasteiger partial charge in [-0.1, -0.05) is 0 Å². The van der Waals surface area contributed by atoms with Crippen LogP contribution in [0.25, 0.3) is 0 Å². The van der Waals surface area contributed by atoms with Gasteiger partial charge in [0.2, 0.25) is 0 Å². The molecule has 1 fully saturated rings. The van der Waals surface area contributed by atoms with Crippen LogP contribution in [0, 0.1) is 5.92 Å². The van der Waals surface area contributed by atoms with Gasteiger partial charge in [0.05, 0.1) is 18.6 Å². The number of carbonyl (C=O) groups is 1. The average Bonchev–Trinajstić information content (AvgIpc) is 2.82. The number of carbonyl (C=O) groups excluding carboxylic acids is 1. The monoisotopic (exact) mass is 281 g/mol. The molecule has 1 aromatic rings. The van der Waals surface area contributed by atoms with E-state index >= 15 is 0 Å². The largest absolute Gasteiger partial charge is 0.472 e. The first-order valence-corrected chi connectivity index (χ1v) is 7.02. The predicted octanol–water partition coefficient (Wildman–Crippen LogP) is 2.44. The van der Waals surface area contributed by atoms with Crippen molar-refractivity contribution in [1.82, 2.24) is 4.90 Å². The van der Waals surface area contributed by atoms with Crippen molar-refractivity contribution in [3.8, 4) is 0 Å². The standard InChI is InChI=1S/C15H23NO4/c1-15(2,3)20-14(18)16-6-4-13(17)12(9-16)8-11-5-7-19-10-11/h5,7,10,12-13,17H,4,6,8-9H2,1-3H3. The Morgan fingerprint density at radius 3 is 2.90 bits per heavy atom. The molecule has 0 spiro atoms. The summed E-state index contributed by atoms with van der Waals surface area (Å²) in [4.78, 5) is 13.8. The molecule has 0 aromatic carbocycles. The summed E-state index contributed by atoms with van der Waals surface area (Å²) in [5.74, 6) is 0.0221. The Labute approximate surface area is 119 Å². The van der Waals surface area contributed by atoms with Crippen molar-refractivity contribution in [2.24, 2.45) is 5.92 Å². The van der Waals surface area contributed by atoms with E-state index in [0.717, 1.165) is 5.56 Å². The molecule has 1 N–H and O–H groups in total. The van der Waals surface area contributed by atoms with Gasteiger partial charge in [-0.15, -0.1) is 0 Å². The van der Waals surface area contributed by atoms with E-state index in [2.05, 4.69) is 0 Å². The number of nitrogens with zero attached hydrogens (tertiary/aromatic N) is 1. The normalized spacial score (nSPS) is 23.7. The predicted molar refractivity (Wildman–Crippen MR) is 74.3 cm³/mol. The fourth-order valence-electron chi connectivity index (χ4n) is 2.42. The summed E-state index contributed by atoms with van der Waals surface area (Å²) in [6.07, 6.45) is 3.90. The number of amides is 1. The van der Waals surface area contributed by atoms with Crippen LogP contribution in [0.15, 0.2) is 23.0 Å². The van der Waals surface area contributed by atoms with E-state index in [-0.39, 0.29) is 18.1 Å². The van der Waals surface area contributed by atoms with Crippen LogP contribution in [0.2, 0.25) is 0 Å². The van der Waals surface area contributed by atoms with E-state index in [1.165, 1.54) is 0 Å². The number of ether oxygens (including phenoxy) is 1. The van der Waals surface area contributed by atoms with Gasteiger partial charge in [0, 0.05) is 19.0 Å². The Morgan fingerprint density at radius 2 is 2.30 bits per heavy atom. The molecule has 1 aliphatic heterocycles. The van der Waals surface area contributed by atoms with Crippen LogP contribution < -0.4 is 0 Å². The topological polar surface area (TPSA) is 62.9 Å². The molecule has 112 valence electrons. The first kappa shape index (κ1) is 14.9. The fourth-order valence-corrected chi connectivity index (χ4v) is 2.42. The van der Waals surface area contributed by atoms with Gasteiger partial charge in [0.25, 0.3) is 0 Å². The quantitative estimate of drug-likeness (QED) is 0.904. The van der Waals surface area contributed by atoms with E-state index in [1.54, 1.807) is 17.4 Å². The Hall–Kier alpha value is -1.49. The van der Waals surface area contributed by atoms with Crippen molar-refractivity contribution in [3.05, 3.63) is 24.2 Å². The number of aliphatic hydroxyl groups is 1. The third-order valence-electron chi connectivity index (χ3n) is 3.42. The number of furan rings is 1. The van der Waals surface area contributed by atoms with E-state index in [9.17, 15) is 9.90 Å². The highest BCUT2D eigenvalue weighted by molar-refractivity contribution is 5.68. The van der Waals surface area contributed by atoms with E-state index in [0.29, 0.717) is 25.9 Å². The van der Waals surface area contributed by atoms with Gasteiger partial charge >= 0.3 is 6.09 Å². The van der Waals surface area contributed by atoms with Crippen LogP contribution >= 0.6 is 0 Å². The molecule has 2 atom stereocenters. The molecule has 5 heteroatoms. The molecule has 5 nitrogen and oxygen atoms in total. The molecule has 0 bridgehead atoms. The second-order valence-corrected chi connectivity index (χ2v) is 6.38. The summed E-state index contributed by atoms with van der Waals surface area (Å²) in [7, 11) is 0. The second kappa shape index (κ2) is 5.87. The molecule has 1 aromatic heterocycles. The van der Waals surface area contributed by atoms with Crippen molar-refractivity contribution in [1.29, 1.82) is 0 Å². The summed E-state index contributed by atoms with van der Waals surface area (Å²) in [6.45, 7) is 6.62. The van der Waals surface area contributed by atoms with Crippen LogP contribution in [-0.2, 0) is 11.2 Å². The number of rotatable bonds is 2. The third-order valence-corrected chi connectivity index (χ3v) is 3.42. The highest BCUT2D eigenvalue weighted by Gasteiger charge is 2.32. The number of hydrogen-bond donors (Lipinski definition) is 1. The van der Waals surface area contributed by atoms with Gasteiger partial charge in [-0.05, 0) is 45.2 Å². The smallest absolute Gasteiger partial charge is 0.410 e. The number of piperidine rings is 1. The molecule has 1 aliphatic rings. The third kappa shape index (κ3) is 4.00. The minimum atomic E-state index is -0.493. The van der Waals surface area contributed by atoms with Crippen molar-refractivity contribution in [2.75, 3.05) is 13.1 Å². The average molecular weight is 281 g/mol. The lowest BCUT2D eigenvalue weighted by Crippen LogP contribution is -2.48. The van der Waals surface area contributed by atoms with Crippen molar-refractivity contribution in [2.45, 2.75) is 45.3 Å². The molecule has 0 saturated carbocycles. The maximum Gasteiger partial charge on any atom is 0.410 e. The van der Waals surface area contributed by atoms with E-state index in [4.69, 9.17) is 9.15 Å². The molecule has 2 unspecified atom stereocenters. The van der Waals surface area contributed by atoms with E-state index in [1.807, 2.05) is 26.8 Å². The number of aliphatic hydroxyl groups excluding tert-OH is 1. The second-order valence-electron chi connectivity index (χ2n) is 6.38. The summed E-state index contributed by atoms with van der Waals surface area (Å²) in [6, 6.07) is 1.89. The molecule has 1 saturated heterocycles. The van der Waals surface area contributed by atoms with Gasteiger partial charge in [-0.2, -0.15) is 0 Å². The fraction of sp³-hybridized carbons (Fsp3) is 0.667. The number of likely N-dealkylation sites (tertiary alicyclic amines) is 1. The summed E-state index contributed by atoms with van der Waals surface area (Å²) in [5, 5.41) is 10.1. The van der Waals surface area contributed by atoms with Crippen LogP contribution in [-0.4, -0.2) is 40.9 Å². The first-order valence-electron chi connectivity index (χ1n) is 7.02. The zero-order chi connectivity index (χ0) is 14.8. The Morgan fingerprint density at radius 1 is 1.55 bits per heavy atom. The number of hydrogen-bond acceptors (Lipinski definition) is 4. The minimum Gasteiger partial charge on any atom is -0.472 e. The minimum absolute atomic E-state index is 0.0221. The zero-order valence-electron chi connectivity index (χ0n) is 12.3. The van der Waals surface area contributed by atoms with E-state index < -0.39 is 5.60 Å². The van der Waals surface area contributed by atoms with Crippen LogP contribution in [0.4, 0.5) is 4.79 Å². The summed E-state index contributed by atoms with van der Waals surface area (Å²) in [5.41, 5.74) is 0.549. The lowest BCUT2D eigenvalue weighted by molar-refractivity contribution is -0.00825. The van der Waals surface area contributed by atoms with Gasteiger partial charge < -0.3 is 19.2 Å². The molecule has 2 heterocycles. The molecule has 0 aliphatic carbocycles. The zero-order valence-corrected chi connectivity index (χ0v) is 12.3. The molecular formula is C15H23NO4. The molecular weight excluding hydrogens is 258 g/mol. The molecule has 20 heavy (non-hydrogen) atoms. The lowest BCUT2D eigenvalue weighted by atomic mass is 9.90. The molecule has 1 amide bonds. The maximum absolute atomic E-state index is 12.1. The Kier molecular flexibility index (Phi) is 4.38. The SMILES string of the molecule is CC(C)(C)OC(=O)N1CCC(O)C(Cc2ccoc2)C1. The Balaban J connectivity index is 1.95. The maximum atomic E-state index is 12.1. The van der Waals surface area contributed by atoms with Crippen LogP contribution in [0.1, 0.15) is 32.8 Å². The van der Waals surface area contributed by atoms with Crippen LogP contribution in [0.5, 0.6) is 0 Å². The van der Waals surface area contributed by atoms with Gasteiger partial charge in [0.1, 0.15) is 5.60 Å². The van der Waals surface area contributed by atoms with Gasteiger partial charge in [-0.25, -0.2) is 4.79 Å². The van der Waals surface area contributed by atoms with Crippen molar-refractivity contribution >= 4 is 6.09 Å². The molecule has 0 radical (unpaired) electrons. The summed E-state index contributed by atoms with van der Waals surface area (Å²) >= 11 is 0. The highest BCUT2D eigenvalue weighted by atomic mass is 16.6. The van der Waals surface area contributed by atoms with Gasteiger partial charge in [0.15, 0.2) is 0 Å². The first-order chi connectivity index (χ1) is 9.35. The summed E-state index contributed by atoms with van der Waals surface area (Å²) < 4.78 is 10.4. The highest BCUT2D eigenvalue weighted by Crippen LogP contribution is 2.23.